The molecule has 0 amide bonds. The second-order valence-corrected chi connectivity index (χ2v) is 8.98. The zero-order chi connectivity index (χ0) is 23.0. The Morgan fingerprint density at radius 2 is 1.52 bits per heavy atom. The van der Waals surface area contributed by atoms with E-state index in [2.05, 4.69) is 21.1 Å². The summed E-state index contributed by atoms with van der Waals surface area (Å²) in [4.78, 5) is -1.53. The van der Waals surface area contributed by atoms with Crippen LogP contribution in [0.1, 0.15) is 0 Å². The van der Waals surface area contributed by atoms with Gasteiger partial charge in [-0.15, -0.1) is 0 Å². The number of azo groups is 1. The van der Waals surface area contributed by atoms with Gasteiger partial charge in [-0.05, 0) is 29.7 Å². The first-order valence-corrected chi connectivity index (χ1v) is 11.3. The minimum atomic E-state index is -4.89. The first kappa shape index (κ1) is 22.2. The molecule has 31 heavy (non-hydrogen) atoms. The molecule has 0 bridgehead atoms. The second-order valence-electron chi connectivity index (χ2n) is 6.20. The van der Waals surface area contributed by atoms with Crippen molar-refractivity contribution >= 4 is 53.8 Å². The van der Waals surface area contributed by atoms with Crippen LogP contribution in [0, 0.1) is 0 Å². The highest BCUT2D eigenvalue weighted by atomic mass is 32.2. The highest BCUT2D eigenvalue weighted by Gasteiger charge is 2.27. The molecule has 7 N–H and O–H groups in total. The number of rotatable bonds is 6. The van der Waals surface area contributed by atoms with Crippen molar-refractivity contribution in [1.29, 1.82) is 0 Å². The molecule has 0 fully saturated rings. The normalized spacial score (nSPS) is 12.4. The van der Waals surface area contributed by atoms with Gasteiger partial charge in [0.1, 0.15) is 21.2 Å². The first-order valence-electron chi connectivity index (χ1n) is 8.39. The van der Waals surface area contributed by atoms with Gasteiger partial charge in [0.15, 0.2) is 5.75 Å². The van der Waals surface area contributed by atoms with Crippen LogP contribution < -0.4 is 16.6 Å². The number of nitrogens with zero attached hydrogens (tertiary/aromatic N) is 2. The lowest BCUT2D eigenvalue weighted by molar-refractivity contribution is 0.473. The maximum absolute atomic E-state index is 11.9. The Morgan fingerprint density at radius 1 is 0.935 bits per heavy atom. The lowest BCUT2D eigenvalue weighted by Crippen LogP contribution is -2.13. The number of phenols is 1. The predicted molar refractivity (Wildman–Crippen MR) is 114 cm³/mol. The van der Waals surface area contributed by atoms with Crippen LogP contribution in [0.25, 0.3) is 10.8 Å². The van der Waals surface area contributed by atoms with E-state index < -0.39 is 52.8 Å². The molecule has 12 nitrogen and oxygen atoms in total. The molecule has 0 saturated heterocycles. The van der Waals surface area contributed by atoms with Crippen LogP contribution in [0.2, 0.25) is 0 Å². The summed E-state index contributed by atoms with van der Waals surface area (Å²) < 4.78 is 66.6. The largest absolute Gasteiger partial charge is 0.505 e. The van der Waals surface area contributed by atoms with E-state index in [1.54, 1.807) is 30.3 Å². The van der Waals surface area contributed by atoms with Gasteiger partial charge in [-0.3, -0.25) is 14.5 Å². The summed E-state index contributed by atoms with van der Waals surface area (Å²) in [5.41, 5.74) is 10.4. The Bertz CT molecular complexity index is 1410. The van der Waals surface area contributed by atoms with Crippen molar-refractivity contribution in [2.75, 3.05) is 23.6 Å². The summed E-state index contributed by atoms with van der Waals surface area (Å²) in [6, 6.07) is 10.2. The zero-order valence-electron chi connectivity index (χ0n) is 15.8. The van der Waals surface area contributed by atoms with Gasteiger partial charge in [0.05, 0.1) is 16.8 Å². The van der Waals surface area contributed by atoms with Gasteiger partial charge < -0.3 is 16.3 Å². The number of anilines is 3. The van der Waals surface area contributed by atoms with E-state index in [-0.39, 0.29) is 10.8 Å². The topological polar surface area (TPSA) is 204 Å². The number of hydrogen-bond donors (Lipinski definition) is 6. The van der Waals surface area contributed by atoms with E-state index in [4.69, 9.17) is 5.73 Å². The van der Waals surface area contributed by atoms with Gasteiger partial charge in [-0.1, -0.05) is 18.2 Å². The third kappa shape index (κ3) is 4.36. The zero-order valence-corrected chi connectivity index (χ0v) is 17.4. The van der Waals surface area contributed by atoms with Gasteiger partial charge in [-0.25, -0.2) is 0 Å². The predicted octanol–water partition coefficient (Wildman–Crippen LogP) is 2.77. The minimum Gasteiger partial charge on any atom is -0.505 e. The monoisotopic (exact) mass is 467 g/mol. The number of benzene rings is 3. The average Bonchev–Trinajstić information content (AvgIpc) is 2.68. The summed E-state index contributed by atoms with van der Waals surface area (Å²) >= 11 is 0. The molecular weight excluding hydrogens is 450 g/mol. The maximum atomic E-state index is 11.9. The number of para-hydroxylation sites is 1. The fourth-order valence-electron chi connectivity index (χ4n) is 2.90. The molecule has 0 aliphatic rings. The van der Waals surface area contributed by atoms with E-state index in [1.807, 2.05) is 0 Å². The molecule has 0 unspecified atom stereocenters. The fourth-order valence-corrected chi connectivity index (χ4v) is 4.25. The van der Waals surface area contributed by atoms with Crippen molar-refractivity contribution in [3.63, 3.8) is 0 Å². The molecule has 0 aliphatic heterocycles. The van der Waals surface area contributed by atoms with E-state index >= 15 is 0 Å². The molecule has 14 heteroatoms. The van der Waals surface area contributed by atoms with Crippen LogP contribution in [0.5, 0.6) is 5.75 Å². The lowest BCUT2D eigenvalue weighted by Gasteiger charge is -2.18. The summed E-state index contributed by atoms with van der Waals surface area (Å²) in [7, 11) is -8.50. The molecule has 164 valence electrons. The van der Waals surface area contributed by atoms with Crippen molar-refractivity contribution in [3.05, 3.63) is 42.5 Å². The SMILES string of the molecule is CN=Nc1c(S(=O)(=O)O)cc2cc(S(=O)(=O)O)c(NNc3ccccc3)c(O)c2c1N. The fraction of sp³-hybridized carbons (Fsp3) is 0.0588. The van der Waals surface area contributed by atoms with Crippen molar-refractivity contribution in [2.24, 2.45) is 10.2 Å². The molecular formula is C17H17N5O7S2. The Kier molecular flexibility index (Phi) is 5.73. The molecule has 0 radical (unpaired) electrons. The number of nitrogen functional groups attached to an aromatic ring is 1. The molecule has 0 spiro atoms. The highest BCUT2D eigenvalue weighted by molar-refractivity contribution is 7.86. The number of nitrogens with one attached hydrogen (secondary N) is 2. The summed E-state index contributed by atoms with van der Waals surface area (Å²) in [6.07, 6.45) is 0. The second kappa shape index (κ2) is 7.99. The van der Waals surface area contributed by atoms with Crippen LogP contribution in [0.15, 0.2) is 62.5 Å². The summed E-state index contributed by atoms with van der Waals surface area (Å²) in [6.45, 7) is 0. The van der Waals surface area contributed by atoms with Crippen LogP contribution in [0.3, 0.4) is 0 Å². The van der Waals surface area contributed by atoms with E-state index in [0.29, 0.717) is 5.69 Å². The van der Waals surface area contributed by atoms with E-state index in [0.717, 1.165) is 12.1 Å². The van der Waals surface area contributed by atoms with Crippen molar-refractivity contribution in [1.82, 2.24) is 0 Å². The Balaban J connectivity index is 2.36. The van der Waals surface area contributed by atoms with Gasteiger partial charge in [-0.2, -0.15) is 27.1 Å². The standard InChI is InChI=1S/C17H17N5O7S2/c1-19-21-15-11(30(24,25)26)7-9-8-12(31(27,28)29)16(17(23)13(9)14(15)18)22-20-10-5-3-2-4-6-10/h2-8,20,22-23H,18H2,1H3,(H,24,25,26)(H,27,28,29). The van der Waals surface area contributed by atoms with Crippen molar-refractivity contribution in [2.45, 2.75) is 9.79 Å². The third-order valence-electron chi connectivity index (χ3n) is 4.20. The molecule has 0 aliphatic carbocycles. The number of nitrogens with two attached hydrogens (primary N) is 1. The molecule has 3 rings (SSSR count). The van der Waals surface area contributed by atoms with Gasteiger partial charge in [0, 0.05) is 7.05 Å². The molecule has 0 aromatic heterocycles. The number of aromatic hydroxyl groups is 1. The number of fused-ring (bicyclic) bond motifs is 1. The van der Waals surface area contributed by atoms with Crippen LogP contribution in [0.4, 0.5) is 22.7 Å². The molecule has 0 saturated carbocycles. The van der Waals surface area contributed by atoms with Crippen LogP contribution in [-0.2, 0) is 20.2 Å². The number of phenolic OH excluding ortho intramolecular Hbond substituents is 1. The lowest BCUT2D eigenvalue weighted by atomic mass is 10.0. The molecule has 0 atom stereocenters. The summed E-state index contributed by atoms with van der Waals surface area (Å²) in [5.74, 6) is -0.722. The van der Waals surface area contributed by atoms with Crippen LogP contribution >= 0.6 is 0 Å². The minimum absolute atomic E-state index is 0.181. The average molecular weight is 467 g/mol. The maximum Gasteiger partial charge on any atom is 0.296 e. The Labute approximate surface area is 176 Å². The van der Waals surface area contributed by atoms with Gasteiger partial charge in [0.2, 0.25) is 0 Å². The van der Waals surface area contributed by atoms with Crippen LogP contribution in [-0.4, -0.2) is 38.1 Å². The van der Waals surface area contributed by atoms with Gasteiger partial charge in [0.25, 0.3) is 20.2 Å². The van der Waals surface area contributed by atoms with Crippen molar-refractivity contribution in [3.8, 4) is 5.75 Å². The van der Waals surface area contributed by atoms with E-state index in [9.17, 15) is 31.0 Å². The summed E-state index contributed by atoms with van der Waals surface area (Å²) in [5, 5.41) is 17.5. The molecule has 0 heterocycles. The molecule has 3 aromatic rings. The molecule has 3 aromatic carbocycles. The highest BCUT2D eigenvalue weighted by Crippen LogP contribution is 2.46. The van der Waals surface area contributed by atoms with E-state index in [1.165, 1.54) is 7.05 Å². The van der Waals surface area contributed by atoms with Crippen molar-refractivity contribution < 1.29 is 31.0 Å². The van der Waals surface area contributed by atoms with Gasteiger partial charge >= 0.3 is 0 Å². The number of hydrazine groups is 1. The Hall–Kier alpha value is -3.46. The Morgan fingerprint density at radius 3 is 2.06 bits per heavy atom. The number of hydrogen-bond acceptors (Lipinski definition) is 10. The first-order chi connectivity index (χ1) is 14.4. The quantitative estimate of drug-likeness (QED) is 0.103. The third-order valence-corrected chi connectivity index (χ3v) is 5.95. The smallest absolute Gasteiger partial charge is 0.296 e.